The predicted octanol–water partition coefficient (Wildman–Crippen LogP) is 3.02. The third-order valence-electron chi connectivity index (χ3n) is 4.27. The average Bonchev–Trinajstić information content (AvgIpc) is 3.26. The highest BCUT2D eigenvalue weighted by Gasteiger charge is 2.38. The van der Waals surface area contributed by atoms with E-state index in [2.05, 4.69) is 64.8 Å². The molecule has 0 amide bonds. The number of nitrogens with one attached hydrogen (secondary N) is 2. The fraction of sp³-hybridized carbons (Fsp3) is 0.444. The van der Waals surface area contributed by atoms with Crippen molar-refractivity contribution in [2.75, 3.05) is 13.6 Å². The van der Waals surface area contributed by atoms with Crippen molar-refractivity contribution in [3.8, 4) is 0 Å². The second-order valence-corrected chi connectivity index (χ2v) is 7.29. The maximum atomic E-state index is 4.58. The summed E-state index contributed by atoms with van der Waals surface area (Å²) in [6.45, 7) is 5.05. The smallest absolute Gasteiger partial charge is 0.191 e. The molecule has 2 aromatic rings. The Balaban J connectivity index is 1.44. The minimum Gasteiger partial charge on any atom is -0.356 e. The van der Waals surface area contributed by atoms with E-state index in [9.17, 15) is 0 Å². The monoisotopic (exact) mass is 328 g/mol. The van der Waals surface area contributed by atoms with Crippen LogP contribution in [0.15, 0.2) is 35.3 Å². The maximum Gasteiger partial charge on any atom is 0.191 e. The van der Waals surface area contributed by atoms with Gasteiger partial charge >= 0.3 is 0 Å². The summed E-state index contributed by atoms with van der Waals surface area (Å²) in [6, 6.07) is 11.2. The van der Waals surface area contributed by atoms with Gasteiger partial charge in [0, 0.05) is 36.9 Å². The van der Waals surface area contributed by atoms with Crippen LogP contribution in [0.1, 0.15) is 33.5 Å². The molecule has 1 aliphatic carbocycles. The molecule has 1 aromatic heterocycles. The van der Waals surface area contributed by atoms with Gasteiger partial charge < -0.3 is 10.6 Å². The first-order chi connectivity index (χ1) is 11.2. The van der Waals surface area contributed by atoms with Gasteiger partial charge in [0.1, 0.15) is 0 Å². The zero-order valence-corrected chi connectivity index (χ0v) is 14.8. The summed E-state index contributed by atoms with van der Waals surface area (Å²) in [6.07, 6.45) is 2.11. The summed E-state index contributed by atoms with van der Waals surface area (Å²) < 4.78 is 0. The van der Waals surface area contributed by atoms with Crippen molar-refractivity contribution >= 4 is 17.3 Å². The lowest BCUT2D eigenvalue weighted by atomic mass is 10.1. The zero-order valence-electron chi connectivity index (χ0n) is 14.0. The molecule has 2 N–H and O–H groups in total. The van der Waals surface area contributed by atoms with Crippen molar-refractivity contribution < 1.29 is 0 Å². The molecular weight excluding hydrogens is 304 g/mol. The van der Waals surface area contributed by atoms with E-state index in [1.54, 1.807) is 11.3 Å². The average molecular weight is 328 g/mol. The van der Waals surface area contributed by atoms with Crippen molar-refractivity contribution in [1.82, 2.24) is 15.6 Å². The Labute approximate surface area is 142 Å². The third kappa shape index (κ3) is 4.10. The van der Waals surface area contributed by atoms with Crippen molar-refractivity contribution in [3.63, 3.8) is 0 Å². The summed E-state index contributed by atoms with van der Waals surface area (Å²) in [7, 11) is 1.83. The van der Waals surface area contributed by atoms with E-state index in [4.69, 9.17) is 0 Å². The van der Waals surface area contributed by atoms with Crippen LogP contribution in [0.3, 0.4) is 0 Å². The number of benzene rings is 1. The molecule has 4 nitrogen and oxygen atoms in total. The normalized spacial score (nSPS) is 20.4. The number of hydrogen-bond acceptors (Lipinski definition) is 3. The first-order valence-electron chi connectivity index (χ1n) is 8.12. The zero-order chi connectivity index (χ0) is 16.2. The van der Waals surface area contributed by atoms with Crippen LogP contribution in [-0.2, 0) is 6.42 Å². The number of nitrogens with zero attached hydrogens (tertiary/aromatic N) is 2. The number of thiazole rings is 1. The highest BCUT2D eigenvalue weighted by molar-refractivity contribution is 7.11. The number of rotatable bonds is 5. The number of aromatic nitrogens is 1. The number of aryl methyl sites for hydroxylation is 2. The Morgan fingerprint density at radius 2 is 2.09 bits per heavy atom. The number of aliphatic imine (C=N–C) groups is 1. The quantitative estimate of drug-likeness (QED) is 0.655. The largest absolute Gasteiger partial charge is 0.356 e. The molecular formula is C18H24N4S. The Bertz CT molecular complexity index is 658. The minimum absolute atomic E-state index is 0.493. The van der Waals surface area contributed by atoms with E-state index in [0.717, 1.165) is 24.6 Å². The predicted molar refractivity (Wildman–Crippen MR) is 97.4 cm³/mol. The van der Waals surface area contributed by atoms with Gasteiger partial charge in [-0.15, -0.1) is 11.3 Å². The van der Waals surface area contributed by atoms with E-state index < -0.39 is 0 Å². The molecule has 1 aliphatic rings. The third-order valence-corrected chi connectivity index (χ3v) is 5.40. The van der Waals surface area contributed by atoms with Crippen LogP contribution in [0.4, 0.5) is 0 Å². The molecule has 0 bridgehead atoms. The van der Waals surface area contributed by atoms with Gasteiger partial charge in [-0.05, 0) is 25.8 Å². The second kappa shape index (κ2) is 7.13. The van der Waals surface area contributed by atoms with Crippen molar-refractivity contribution in [3.05, 3.63) is 51.5 Å². The summed E-state index contributed by atoms with van der Waals surface area (Å²) in [5.41, 5.74) is 2.56. The van der Waals surface area contributed by atoms with Crippen LogP contribution in [-0.4, -0.2) is 30.6 Å². The lowest BCUT2D eigenvalue weighted by Crippen LogP contribution is -2.39. The Morgan fingerprint density at radius 1 is 1.30 bits per heavy atom. The summed E-state index contributed by atoms with van der Waals surface area (Å²) >= 11 is 1.79. The van der Waals surface area contributed by atoms with E-state index in [1.807, 2.05) is 7.05 Å². The first kappa shape index (κ1) is 16.0. The standard InChI is InChI=1S/C18H24N4S/c1-12-13(2)23-17(21-12)9-10-20-18(19-3)22-16-11-15(16)14-7-5-4-6-8-14/h4-8,15-16H,9-11H2,1-3H3,(H2,19,20,22). The molecule has 3 rings (SSSR count). The van der Waals surface area contributed by atoms with Crippen LogP contribution >= 0.6 is 11.3 Å². The first-order valence-corrected chi connectivity index (χ1v) is 8.94. The maximum absolute atomic E-state index is 4.58. The van der Waals surface area contributed by atoms with Crippen molar-refractivity contribution in [2.24, 2.45) is 4.99 Å². The fourth-order valence-corrected chi connectivity index (χ4v) is 3.66. The summed E-state index contributed by atoms with van der Waals surface area (Å²) in [4.78, 5) is 10.2. The van der Waals surface area contributed by atoms with E-state index in [1.165, 1.54) is 21.9 Å². The SMILES string of the molecule is CN=C(NCCc1nc(C)c(C)s1)NC1CC1c1ccccc1. The molecule has 1 aromatic carbocycles. The van der Waals surface area contributed by atoms with Gasteiger partial charge in [0.2, 0.25) is 0 Å². The van der Waals surface area contributed by atoms with Gasteiger partial charge in [-0.25, -0.2) is 4.98 Å². The molecule has 23 heavy (non-hydrogen) atoms. The minimum atomic E-state index is 0.493. The summed E-state index contributed by atoms with van der Waals surface area (Å²) in [5, 5.41) is 8.10. The van der Waals surface area contributed by atoms with Crippen LogP contribution in [0.25, 0.3) is 0 Å². The van der Waals surface area contributed by atoms with Crippen LogP contribution in [0, 0.1) is 13.8 Å². The Hall–Kier alpha value is -1.88. The number of hydrogen-bond donors (Lipinski definition) is 2. The van der Waals surface area contributed by atoms with Gasteiger partial charge in [-0.3, -0.25) is 4.99 Å². The van der Waals surface area contributed by atoms with Gasteiger partial charge in [-0.1, -0.05) is 30.3 Å². The van der Waals surface area contributed by atoms with Crippen LogP contribution in [0.2, 0.25) is 0 Å². The molecule has 1 fully saturated rings. The Kier molecular flexibility index (Phi) is 4.96. The number of guanidine groups is 1. The molecule has 0 aliphatic heterocycles. The Morgan fingerprint density at radius 3 is 2.74 bits per heavy atom. The molecule has 122 valence electrons. The van der Waals surface area contributed by atoms with Gasteiger partial charge in [0.25, 0.3) is 0 Å². The van der Waals surface area contributed by atoms with Gasteiger partial charge in [0.15, 0.2) is 5.96 Å². The molecule has 2 unspecified atom stereocenters. The fourth-order valence-electron chi connectivity index (χ4n) is 2.73. The van der Waals surface area contributed by atoms with Gasteiger partial charge in [0.05, 0.1) is 10.7 Å². The second-order valence-electron chi connectivity index (χ2n) is 6.00. The summed E-state index contributed by atoms with van der Waals surface area (Å²) in [5.74, 6) is 1.50. The van der Waals surface area contributed by atoms with Crippen molar-refractivity contribution in [2.45, 2.75) is 38.6 Å². The lowest BCUT2D eigenvalue weighted by Gasteiger charge is -2.11. The van der Waals surface area contributed by atoms with Crippen LogP contribution < -0.4 is 10.6 Å². The van der Waals surface area contributed by atoms with E-state index in [-0.39, 0.29) is 0 Å². The molecule has 1 saturated carbocycles. The highest BCUT2D eigenvalue weighted by atomic mass is 32.1. The molecule has 0 spiro atoms. The van der Waals surface area contributed by atoms with Crippen LogP contribution in [0.5, 0.6) is 0 Å². The lowest BCUT2D eigenvalue weighted by molar-refractivity contribution is 0.777. The van der Waals surface area contributed by atoms with Gasteiger partial charge in [-0.2, -0.15) is 0 Å². The topological polar surface area (TPSA) is 49.3 Å². The molecule has 1 heterocycles. The molecule has 0 saturated heterocycles. The molecule has 5 heteroatoms. The highest BCUT2D eigenvalue weighted by Crippen LogP contribution is 2.40. The van der Waals surface area contributed by atoms with E-state index in [0.29, 0.717) is 12.0 Å². The van der Waals surface area contributed by atoms with E-state index >= 15 is 0 Å². The molecule has 2 atom stereocenters. The van der Waals surface area contributed by atoms with Crippen molar-refractivity contribution in [1.29, 1.82) is 0 Å². The molecule has 0 radical (unpaired) electrons.